The first kappa shape index (κ1) is 11.7. The second kappa shape index (κ2) is 4.61. The van der Waals surface area contributed by atoms with E-state index >= 15 is 0 Å². The van der Waals surface area contributed by atoms with E-state index < -0.39 is 28.8 Å². The van der Waals surface area contributed by atoms with Crippen LogP contribution in [-0.4, -0.2) is 12.4 Å². The van der Waals surface area contributed by atoms with Gasteiger partial charge in [0.05, 0.1) is 18.4 Å². The van der Waals surface area contributed by atoms with Gasteiger partial charge in [0.2, 0.25) is 0 Å². The maximum Gasteiger partial charge on any atom is 0.197 e. The summed E-state index contributed by atoms with van der Waals surface area (Å²) in [6.45, 7) is 0.477. The lowest BCUT2D eigenvalue weighted by Crippen LogP contribution is -2.13. The predicted molar refractivity (Wildman–Crippen MR) is 53.9 cm³/mol. The molecule has 1 heterocycles. The van der Waals surface area contributed by atoms with E-state index in [0.29, 0.717) is 31.6 Å². The van der Waals surface area contributed by atoms with E-state index in [-0.39, 0.29) is 5.57 Å². The molecule has 0 fully saturated rings. The highest BCUT2D eigenvalue weighted by molar-refractivity contribution is 6.08. The number of halogens is 3. The van der Waals surface area contributed by atoms with Crippen LogP contribution in [0.4, 0.5) is 13.2 Å². The number of carbonyl (C=O) groups excluding carboxylic acids is 1. The zero-order chi connectivity index (χ0) is 12.4. The first-order valence-electron chi connectivity index (χ1n) is 5.09. The molecule has 0 radical (unpaired) electrons. The standard InChI is InChI=1S/C12H9F3O2/c13-8-4-9(14)11(10(15)5-8)12(16)7-2-1-3-17-6-7/h4-6H,1-3H2. The predicted octanol–water partition coefficient (Wildman–Crippen LogP) is 2.98. The number of benzene rings is 1. The van der Waals surface area contributed by atoms with Crippen LogP contribution in [0.25, 0.3) is 0 Å². The van der Waals surface area contributed by atoms with Crippen LogP contribution < -0.4 is 0 Å². The Morgan fingerprint density at radius 1 is 1.18 bits per heavy atom. The number of ether oxygens (including phenoxy) is 1. The normalized spacial score (nSPS) is 15.1. The van der Waals surface area contributed by atoms with Crippen LogP contribution in [0.2, 0.25) is 0 Å². The molecule has 0 atom stereocenters. The van der Waals surface area contributed by atoms with Crippen LogP contribution >= 0.6 is 0 Å². The lowest BCUT2D eigenvalue weighted by molar-refractivity contribution is 0.100. The van der Waals surface area contributed by atoms with Crippen molar-refractivity contribution in [3.05, 3.63) is 47.0 Å². The summed E-state index contributed by atoms with van der Waals surface area (Å²) in [4.78, 5) is 11.8. The largest absolute Gasteiger partial charge is 0.501 e. The van der Waals surface area contributed by atoms with Gasteiger partial charge in [-0.3, -0.25) is 4.79 Å². The topological polar surface area (TPSA) is 26.3 Å². The van der Waals surface area contributed by atoms with Crippen molar-refractivity contribution in [3.8, 4) is 0 Å². The molecular formula is C12H9F3O2. The van der Waals surface area contributed by atoms with Crippen LogP contribution in [-0.2, 0) is 4.74 Å². The minimum absolute atomic E-state index is 0.195. The lowest BCUT2D eigenvalue weighted by atomic mass is 9.99. The molecule has 5 heteroatoms. The number of carbonyl (C=O) groups is 1. The fraction of sp³-hybridized carbons (Fsp3) is 0.250. The maximum atomic E-state index is 13.3. The SMILES string of the molecule is O=C(C1=COCCC1)c1c(F)cc(F)cc1F. The minimum atomic E-state index is -1.20. The molecule has 0 spiro atoms. The van der Waals surface area contributed by atoms with Crippen LogP contribution in [0.3, 0.4) is 0 Å². The highest BCUT2D eigenvalue weighted by atomic mass is 19.1. The van der Waals surface area contributed by atoms with Crippen molar-refractivity contribution in [1.82, 2.24) is 0 Å². The quantitative estimate of drug-likeness (QED) is 0.745. The van der Waals surface area contributed by atoms with Gasteiger partial charge in [0.15, 0.2) is 5.78 Å². The minimum Gasteiger partial charge on any atom is -0.501 e. The van der Waals surface area contributed by atoms with Crippen LogP contribution in [0.1, 0.15) is 23.2 Å². The summed E-state index contributed by atoms with van der Waals surface area (Å²) in [6, 6.07) is 0.973. The summed E-state index contributed by atoms with van der Waals surface area (Å²) < 4.78 is 44.3. The Hall–Kier alpha value is -1.78. The second-order valence-electron chi connectivity index (χ2n) is 3.69. The Balaban J connectivity index is 2.40. The molecule has 0 amide bonds. The Morgan fingerprint density at radius 3 is 2.35 bits per heavy atom. The van der Waals surface area contributed by atoms with Gasteiger partial charge < -0.3 is 4.74 Å². The molecule has 90 valence electrons. The third-order valence-corrected chi connectivity index (χ3v) is 2.46. The van der Waals surface area contributed by atoms with Crippen molar-refractivity contribution in [2.75, 3.05) is 6.61 Å². The molecule has 0 aromatic heterocycles. The van der Waals surface area contributed by atoms with Crippen molar-refractivity contribution in [3.63, 3.8) is 0 Å². The monoisotopic (exact) mass is 242 g/mol. The van der Waals surface area contributed by atoms with Crippen LogP contribution in [0, 0.1) is 17.5 Å². The fourth-order valence-corrected chi connectivity index (χ4v) is 1.65. The number of allylic oxidation sites excluding steroid dienone is 1. The Bertz CT molecular complexity index is 472. The van der Waals surface area contributed by atoms with Gasteiger partial charge in [-0.05, 0) is 12.8 Å². The zero-order valence-corrected chi connectivity index (χ0v) is 8.80. The van der Waals surface area contributed by atoms with Gasteiger partial charge in [-0.2, -0.15) is 0 Å². The Kier molecular flexibility index (Phi) is 3.17. The van der Waals surface area contributed by atoms with Gasteiger partial charge in [-0.1, -0.05) is 0 Å². The number of Topliss-reactive ketones (excluding diaryl/α,β-unsaturated/α-hetero) is 1. The zero-order valence-electron chi connectivity index (χ0n) is 8.80. The summed E-state index contributed by atoms with van der Waals surface area (Å²) in [5, 5.41) is 0. The highest BCUT2D eigenvalue weighted by Gasteiger charge is 2.23. The number of hydrogen-bond acceptors (Lipinski definition) is 2. The molecule has 0 N–H and O–H groups in total. The number of hydrogen-bond donors (Lipinski definition) is 0. The molecule has 0 saturated heterocycles. The summed E-state index contributed by atoms with van der Waals surface area (Å²) >= 11 is 0. The maximum absolute atomic E-state index is 13.3. The third kappa shape index (κ3) is 2.33. The average Bonchev–Trinajstić information content (AvgIpc) is 2.28. The van der Waals surface area contributed by atoms with Crippen LogP contribution in [0.15, 0.2) is 24.0 Å². The van der Waals surface area contributed by atoms with E-state index in [0.717, 1.165) is 0 Å². The molecule has 0 bridgehead atoms. The van der Waals surface area contributed by atoms with Crippen LogP contribution in [0.5, 0.6) is 0 Å². The number of rotatable bonds is 2. The van der Waals surface area contributed by atoms with Crippen molar-refractivity contribution in [2.45, 2.75) is 12.8 Å². The van der Waals surface area contributed by atoms with E-state index in [1.54, 1.807) is 0 Å². The third-order valence-electron chi connectivity index (χ3n) is 2.46. The van der Waals surface area contributed by atoms with Gasteiger partial charge in [0.1, 0.15) is 17.5 Å². The van der Waals surface area contributed by atoms with Crippen molar-refractivity contribution < 1.29 is 22.7 Å². The molecule has 17 heavy (non-hydrogen) atoms. The van der Waals surface area contributed by atoms with E-state index in [1.807, 2.05) is 0 Å². The van der Waals surface area contributed by atoms with E-state index in [2.05, 4.69) is 0 Å². The summed E-state index contributed by atoms with van der Waals surface area (Å²) in [6.07, 6.45) is 2.21. The van der Waals surface area contributed by atoms with Gasteiger partial charge in [0, 0.05) is 17.7 Å². The molecule has 1 aliphatic rings. The van der Waals surface area contributed by atoms with Gasteiger partial charge >= 0.3 is 0 Å². The van der Waals surface area contributed by atoms with Gasteiger partial charge in [-0.15, -0.1) is 0 Å². The molecule has 2 nitrogen and oxygen atoms in total. The molecule has 0 saturated carbocycles. The summed E-state index contributed by atoms with van der Waals surface area (Å²) in [7, 11) is 0. The molecule has 2 rings (SSSR count). The van der Waals surface area contributed by atoms with Crippen molar-refractivity contribution in [1.29, 1.82) is 0 Å². The molecule has 0 aliphatic carbocycles. The molecule has 1 aromatic carbocycles. The van der Waals surface area contributed by atoms with Crippen molar-refractivity contribution >= 4 is 5.78 Å². The van der Waals surface area contributed by atoms with Crippen molar-refractivity contribution in [2.24, 2.45) is 0 Å². The number of ketones is 1. The summed E-state index contributed by atoms with van der Waals surface area (Å²) in [5.41, 5.74) is -0.538. The smallest absolute Gasteiger partial charge is 0.197 e. The van der Waals surface area contributed by atoms with E-state index in [9.17, 15) is 18.0 Å². The second-order valence-corrected chi connectivity index (χ2v) is 3.69. The van der Waals surface area contributed by atoms with E-state index in [1.165, 1.54) is 6.26 Å². The highest BCUT2D eigenvalue weighted by Crippen LogP contribution is 2.22. The lowest BCUT2D eigenvalue weighted by Gasteiger charge is -2.13. The molecule has 1 aromatic rings. The average molecular weight is 242 g/mol. The van der Waals surface area contributed by atoms with Gasteiger partial charge in [-0.25, -0.2) is 13.2 Å². The fourth-order valence-electron chi connectivity index (χ4n) is 1.65. The summed E-state index contributed by atoms with van der Waals surface area (Å²) in [5.74, 6) is -4.23. The Labute approximate surface area is 95.7 Å². The first-order chi connectivity index (χ1) is 8.09. The molecule has 1 aliphatic heterocycles. The first-order valence-corrected chi connectivity index (χ1v) is 5.09. The van der Waals surface area contributed by atoms with Gasteiger partial charge in [0.25, 0.3) is 0 Å². The Morgan fingerprint density at radius 2 is 1.82 bits per heavy atom. The molecular weight excluding hydrogens is 233 g/mol. The van der Waals surface area contributed by atoms with E-state index in [4.69, 9.17) is 4.74 Å². The molecule has 0 unspecified atom stereocenters.